The number of amides is 1. The Labute approximate surface area is 96.9 Å². The Bertz CT molecular complexity index is 195. The number of ether oxygens (including phenoxy) is 1. The van der Waals surface area contributed by atoms with E-state index in [1.165, 1.54) is 6.92 Å². The number of alkyl halides is 1. The molecule has 0 rings (SSSR count). The summed E-state index contributed by atoms with van der Waals surface area (Å²) in [5, 5.41) is 6.31. The van der Waals surface area contributed by atoms with Crippen molar-refractivity contribution in [2.75, 3.05) is 11.9 Å². The van der Waals surface area contributed by atoms with E-state index in [0.29, 0.717) is 6.61 Å². The average molecular weight is 285 g/mol. The second-order valence-electron chi connectivity index (χ2n) is 1.98. The van der Waals surface area contributed by atoms with E-state index in [0.717, 1.165) is 0 Å². The van der Waals surface area contributed by atoms with Crippen molar-refractivity contribution < 1.29 is 14.3 Å². The van der Waals surface area contributed by atoms with Gasteiger partial charge >= 0.3 is 5.97 Å². The summed E-state index contributed by atoms with van der Waals surface area (Å²) in [6.45, 7) is 3.65. The number of nitrogens with two attached hydrogens (primary N) is 3. The summed E-state index contributed by atoms with van der Waals surface area (Å²) in [5.74, 6) is -0.873. The molecule has 0 radical (unpaired) electrons. The van der Waals surface area contributed by atoms with Gasteiger partial charge in [-0.15, -0.1) is 0 Å². The Hall–Kier alpha value is -1.31. The van der Waals surface area contributed by atoms with Crippen LogP contribution in [0.5, 0.6) is 0 Å². The zero-order valence-electron chi connectivity index (χ0n) is 8.75. The molecule has 0 aliphatic heterocycles. The normalized spacial score (nSPS) is 7.13. The van der Waals surface area contributed by atoms with Crippen molar-refractivity contribution in [2.24, 2.45) is 17.2 Å². The molecule has 7 N–H and O–H groups in total. The molecule has 7 nitrogen and oxygen atoms in total. The van der Waals surface area contributed by atoms with Gasteiger partial charge in [0.05, 0.1) is 11.9 Å². The van der Waals surface area contributed by atoms with E-state index in [1.54, 1.807) is 6.92 Å². The lowest BCUT2D eigenvalue weighted by molar-refractivity contribution is -0.140. The number of halogens is 1. The first-order valence-electron chi connectivity index (χ1n) is 3.84. The van der Waals surface area contributed by atoms with Crippen LogP contribution in [0.3, 0.4) is 0 Å². The molecule has 0 spiro atoms. The summed E-state index contributed by atoms with van der Waals surface area (Å²) < 4.78 is 4.40. The Morgan fingerprint density at radius 3 is 1.60 bits per heavy atom. The summed E-state index contributed by atoms with van der Waals surface area (Å²) in [6, 6.07) is 0. The Kier molecular flexibility index (Phi) is 19.5. The highest BCUT2D eigenvalue weighted by molar-refractivity contribution is 9.09. The SMILES string of the molecule is CCOC(C)=O.N=C(N)N.NC(=O)CBr. The highest BCUT2D eigenvalue weighted by atomic mass is 79.9. The van der Waals surface area contributed by atoms with Crippen LogP contribution in [-0.4, -0.2) is 29.8 Å². The molecule has 0 aliphatic rings. The lowest BCUT2D eigenvalue weighted by Crippen LogP contribution is -2.20. The van der Waals surface area contributed by atoms with Crippen LogP contribution in [0.2, 0.25) is 0 Å². The lowest BCUT2D eigenvalue weighted by Gasteiger charge is -1.89. The molecule has 0 heterocycles. The van der Waals surface area contributed by atoms with Gasteiger partial charge in [-0.1, -0.05) is 15.9 Å². The minimum Gasteiger partial charge on any atom is -0.466 e. The van der Waals surface area contributed by atoms with Crippen molar-refractivity contribution in [3.63, 3.8) is 0 Å². The third kappa shape index (κ3) is 107. The second kappa shape index (κ2) is 15.2. The highest BCUT2D eigenvalue weighted by Crippen LogP contribution is 1.71. The molecule has 0 saturated carbocycles. The summed E-state index contributed by atoms with van der Waals surface area (Å²) in [6.07, 6.45) is 0. The van der Waals surface area contributed by atoms with Gasteiger partial charge in [0, 0.05) is 6.92 Å². The maximum Gasteiger partial charge on any atom is 0.302 e. The van der Waals surface area contributed by atoms with Crippen molar-refractivity contribution >= 4 is 33.8 Å². The zero-order valence-corrected chi connectivity index (χ0v) is 10.3. The molecule has 0 atom stereocenters. The molecule has 0 fully saturated rings. The van der Waals surface area contributed by atoms with Gasteiger partial charge in [-0.3, -0.25) is 15.0 Å². The minimum atomic E-state index is -0.333. The Morgan fingerprint density at radius 1 is 1.33 bits per heavy atom. The van der Waals surface area contributed by atoms with Crippen molar-refractivity contribution in [2.45, 2.75) is 13.8 Å². The van der Waals surface area contributed by atoms with E-state index < -0.39 is 0 Å². The standard InChI is InChI=1S/C4H8O2.C2H4BrNO.CH5N3/c1-3-6-4(2)5;3-1-2(4)5;2-1(3)4/h3H2,1-2H3;1H2,(H2,4,5);(H5,2,3,4). The summed E-state index contributed by atoms with van der Waals surface area (Å²) in [4.78, 5) is 19.4. The van der Waals surface area contributed by atoms with Crippen molar-refractivity contribution in [3.05, 3.63) is 0 Å². The predicted molar refractivity (Wildman–Crippen MR) is 61.4 cm³/mol. The molecular weight excluding hydrogens is 268 g/mol. The Morgan fingerprint density at radius 2 is 1.60 bits per heavy atom. The minimum absolute atomic E-state index is 0.211. The summed E-state index contributed by atoms with van der Waals surface area (Å²) >= 11 is 2.84. The molecule has 0 saturated heterocycles. The molecule has 0 unspecified atom stereocenters. The van der Waals surface area contributed by atoms with E-state index in [2.05, 4.69) is 37.9 Å². The van der Waals surface area contributed by atoms with Crippen molar-refractivity contribution in [1.29, 1.82) is 5.41 Å². The fourth-order valence-electron chi connectivity index (χ4n) is 0.203. The van der Waals surface area contributed by atoms with Gasteiger partial charge in [-0.25, -0.2) is 0 Å². The third-order valence-electron chi connectivity index (χ3n) is 0.479. The molecule has 0 aromatic heterocycles. The van der Waals surface area contributed by atoms with Crippen molar-refractivity contribution in [3.8, 4) is 0 Å². The number of hydrogen-bond donors (Lipinski definition) is 4. The maximum absolute atomic E-state index is 9.82. The molecule has 15 heavy (non-hydrogen) atoms. The molecule has 0 bridgehead atoms. The van der Waals surface area contributed by atoms with E-state index in [4.69, 9.17) is 5.41 Å². The average Bonchev–Trinajstić information content (AvgIpc) is 2.03. The number of hydrogen-bond acceptors (Lipinski definition) is 4. The number of carbonyl (C=O) groups excluding carboxylic acids is 2. The number of rotatable bonds is 2. The van der Waals surface area contributed by atoms with Crippen LogP contribution < -0.4 is 17.2 Å². The van der Waals surface area contributed by atoms with Crippen LogP contribution in [-0.2, 0) is 14.3 Å². The molecule has 90 valence electrons. The second-order valence-corrected chi connectivity index (χ2v) is 2.54. The fraction of sp³-hybridized carbons (Fsp3) is 0.571. The van der Waals surface area contributed by atoms with Crippen LogP contribution in [0.15, 0.2) is 0 Å². The first kappa shape index (κ1) is 19.3. The van der Waals surface area contributed by atoms with Crippen molar-refractivity contribution in [1.82, 2.24) is 0 Å². The van der Waals surface area contributed by atoms with Gasteiger partial charge in [-0.2, -0.15) is 0 Å². The largest absolute Gasteiger partial charge is 0.466 e. The number of guanidine groups is 1. The molecule has 0 aliphatic carbocycles. The van der Waals surface area contributed by atoms with Crippen LogP contribution in [0.25, 0.3) is 0 Å². The first-order chi connectivity index (χ1) is 6.77. The van der Waals surface area contributed by atoms with Gasteiger partial charge in [-0.05, 0) is 6.92 Å². The van der Waals surface area contributed by atoms with E-state index in [1.807, 2.05) is 0 Å². The molecule has 1 amide bonds. The predicted octanol–water partition coefficient (Wildman–Crippen LogP) is -0.725. The third-order valence-corrected chi connectivity index (χ3v) is 1.03. The quantitative estimate of drug-likeness (QED) is 0.229. The molecule has 0 aromatic carbocycles. The summed E-state index contributed by atoms with van der Waals surface area (Å²) in [7, 11) is 0. The zero-order chi connectivity index (χ0) is 12.9. The van der Waals surface area contributed by atoms with Gasteiger partial charge in [0.15, 0.2) is 5.96 Å². The molecule has 8 heteroatoms. The van der Waals surface area contributed by atoms with E-state index in [9.17, 15) is 9.59 Å². The maximum atomic E-state index is 9.82. The van der Waals surface area contributed by atoms with Crippen LogP contribution in [0.1, 0.15) is 13.8 Å². The Balaban J connectivity index is -0.000000147. The van der Waals surface area contributed by atoms with Crippen LogP contribution in [0.4, 0.5) is 0 Å². The molecular formula is C7H17BrN4O3. The lowest BCUT2D eigenvalue weighted by atomic mass is 10.8. The number of esters is 1. The smallest absolute Gasteiger partial charge is 0.302 e. The number of carbonyl (C=O) groups is 2. The number of nitrogens with one attached hydrogen (secondary N) is 1. The van der Waals surface area contributed by atoms with E-state index in [-0.39, 0.29) is 23.2 Å². The van der Waals surface area contributed by atoms with Gasteiger partial charge in [0.1, 0.15) is 0 Å². The number of primary amides is 1. The van der Waals surface area contributed by atoms with Gasteiger partial charge in [0.2, 0.25) is 5.91 Å². The monoisotopic (exact) mass is 284 g/mol. The molecule has 0 aromatic rings. The van der Waals surface area contributed by atoms with Crippen LogP contribution in [0, 0.1) is 5.41 Å². The topological polar surface area (TPSA) is 145 Å². The summed E-state index contributed by atoms with van der Waals surface area (Å²) in [5.41, 5.74) is 13.6. The van der Waals surface area contributed by atoms with Gasteiger partial charge in [0.25, 0.3) is 0 Å². The fourth-order valence-corrected chi connectivity index (χ4v) is 0.203. The highest BCUT2D eigenvalue weighted by Gasteiger charge is 1.81. The van der Waals surface area contributed by atoms with E-state index >= 15 is 0 Å². The van der Waals surface area contributed by atoms with Gasteiger partial charge < -0.3 is 21.9 Å². The van der Waals surface area contributed by atoms with Crippen LogP contribution >= 0.6 is 15.9 Å². The first-order valence-corrected chi connectivity index (χ1v) is 4.97.